The first kappa shape index (κ1) is 15.7. The molecule has 3 rings (SSSR count). The van der Waals surface area contributed by atoms with Gasteiger partial charge in [-0.1, -0.05) is 24.3 Å². The van der Waals surface area contributed by atoms with Gasteiger partial charge in [-0.3, -0.25) is 0 Å². The minimum Gasteiger partial charge on any atom is -0.497 e. The fourth-order valence-corrected chi connectivity index (χ4v) is 3.26. The van der Waals surface area contributed by atoms with E-state index >= 15 is 0 Å². The first-order valence-corrected chi connectivity index (χ1v) is 8.63. The lowest BCUT2D eigenvalue weighted by atomic mass is 10.1. The number of rotatable bonds is 6. The van der Waals surface area contributed by atoms with Crippen molar-refractivity contribution in [2.45, 2.75) is 18.4 Å². The van der Waals surface area contributed by atoms with E-state index in [-0.39, 0.29) is 0 Å². The Balaban J connectivity index is 1.60. The molecule has 0 fully saturated rings. The van der Waals surface area contributed by atoms with Crippen LogP contribution in [0.4, 0.5) is 0 Å². The van der Waals surface area contributed by atoms with Crippen LogP contribution in [0.5, 0.6) is 5.75 Å². The highest BCUT2D eigenvalue weighted by molar-refractivity contribution is 7.97. The predicted molar refractivity (Wildman–Crippen MR) is 94.7 cm³/mol. The van der Waals surface area contributed by atoms with Crippen molar-refractivity contribution >= 4 is 11.8 Å². The number of aryl methyl sites for hydroxylation is 1. The van der Waals surface area contributed by atoms with Gasteiger partial charge < -0.3 is 9.15 Å². The molecule has 0 atom stereocenters. The molecule has 0 saturated carbocycles. The van der Waals surface area contributed by atoms with Crippen molar-refractivity contribution in [1.29, 1.82) is 0 Å². The Morgan fingerprint density at radius 2 is 1.83 bits per heavy atom. The number of hydrogen-bond acceptors (Lipinski definition) is 4. The maximum Gasteiger partial charge on any atom is 0.226 e. The molecule has 3 nitrogen and oxygen atoms in total. The van der Waals surface area contributed by atoms with Crippen LogP contribution in [0, 0.1) is 6.92 Å². The second kappa shape index (κ2) is 7.38. The van der Waals surface area contributed by atoms with Crippen molar-refractivity contribution in [2.24, 2.45) is 0 Å². The largest absolute Gasteiger partial charge is 0.497 e. The molecule has 1 aromatic heterocycles. The van der Waals surface area contributed by atoms with E-state index < -0.39 is 0 Å². The van der Waals surface area contributed by atoms with E-state index in [0.717, 1.165) is 28.5 Å². The number of methoxy groups -OCH3 is 1. The normalized spacial score (nSPS) is 10.7. The third kappa shape index (κ3) is 3.96. The van der Waals surface area contributed by atoms with E-state index in [4.69, 9.17) is 9.15 Å². The molecule has 23 heavy (non-hydrogen) atoms. The molecule has 0 aliphatic heterocycles. The van der Waals surface area contributed by atoms with Gasteiger partial charge in [-0.2, -0.15) is 11.8 Å². The lowest BCUT2D eigenvalue weighted by Crippen LogP contribution is -1.87. The van der Waals surface area contributed by atoms with Gasteiger partial charge in [0.2, 0.25) is 5.89 Å². The van der Waals surface area contributed by atoms with E-state index in [1.807, 2.05) is 36.0 Å². The van der Waals surface area contributed by atoms with Crippen LogP contribution in [0.25, 0.3) is 11.5 Å². The number of hydrogen-bond donors (Lipinski definition) is 0. The van der Waals surface area contributed by atoms with E-state index in [1.165, 1.54) is 11.1 Å². The van der Waals surface area contributed by atoms with Gasteiger partial charge in [-0.05, 0) is 42.3 Å². The summed E-state index contributed by atoms with van der Waals surface area (Å²) < 4.78 is 10.7. The minimum atomic E-state index is 0.652. The van der Waals surface area contributed by atoms with Crippen LogP contribution in [-0.2, 0) is 11.5 Å². The molecule has 1 heterocycles. The number of thioether (sulfide) groups is 1. The van der Waals surface area contributed by atoms with Crippen molar-refractivity contribution in [3.05, 3.63) is 71.6 Å². The summed E-state index contributed by atoms with van der Waals surface area (Å²) in [6.45, 7) is 2.15. The Morgan fingerprint density at radius 3 is 2.57 bits per heavy atom. The maximum atomic E-state index is 5.59. The lowest BCUT2D eigenvalue weighted by molar-refractivity contribution is 0.415. The minimum absolute atomic E-state index is 0.652. The third-order valence-corrected chi connectivity index (χ3v) is 4.67. The summed E-state index contributed by atoms with van der Waals surface area (Å²) in [5, 5.41) is 0. The first-order chi connectivity index (χ1) is 11.3. The van der Waals surface area contributed by atoms with Crippen LogP contribution < -0.4 is 4.74 Å². The molecule has 0 bridgehead atoms. The molecule has 0 saturated heterocycles. The molecule has 0 spiro atoms. The number of benzene rings is 2. The van der Waals surface area contributed by atoms with E-state index in [1.54, 1.807) is 13.4 Å². The smallest absolute Gasteiger partial charge is 0.226 e. The second-order valence-electron chi connectivity index (χ2n) is 5.29. The average Bonchev–Trinajstić information content (AvgIpc) is 3.06. The highest BCUT2D eigenvalue weighted by Crippen LogP contribution is 2.24. The van der Waals surface area contributed by atoms with Crippen molar-refractivity contribution in [1.82, 2.24) is 4.98 Å². The van der Waals surface area contributed by atoms with Crippen LogP contribution in [0.15, 0.2) is 59.2 Å². The first-order valence-electron chi connectivity index (χ1n) is 7.47. The molecule has 2 aromatic carbocycles. The standard InChI is InChI=1S/C19H19NO2S/c1-14-5-3-4-6-16(14)12-23-13-17-11-22-19(20-17)15-7-9-18(21-2)10-8-15/h3-11H,12-13H2,1-2H3. The van der Waals surface area contributed by atoms with Crippen LogP contribution in [-0.4, -0.2) is 12.1 Å². The molecule has 0 radical (unpaired) electrons. The van der Waals surface area contributed by atoms with Crippen molar-refractivity contribution in [3.63, 3.8) is 0 Å². The summed E-state index contributed by atoms with van der Waals surface area (Å²) in [6, 6.07) is 16.2. The SMILES string of the molecule is COc1ccc(-c2nc(CSCc3ccccc3C)co2)cc1. The fraction of sp³-hybridized carbons (Fsp3) is 0.211. The average molecular weight is 325 g/mol. The second-order valence-corrected chi connectivity index (χ2v) is 6.28. The van der Waals surface area contributed by atoms with Gasteiger partial charge in [0.1, 0.15) is 12.0 Å². The Bertz CT molecular complexity index is 765. The summed E-state index contributed by atoms with van der Waals surface area (Å²) in [7, 11) is 1.66. The van der Waals surface area contributed by atoms with Crippen LogP contribution in [0.2, 0.25) is 0 Å². The topological polar surface area (TPSA) is 35.3 Å². The molecule has 0 aliphatic rings. The summed E-state index contributed by atoms with van der Waals surface area (Å²) in [5.74, 6) is 3.30. The van der Waals surface area contributed by atoms with Crippen molar-refractivity contribution in [3.8, 4) is 17.2 Å². The zero-order valence-corrected chi connectivity index (χ0v) is 14.1. The third-order valence-electron chi connectivity index (χ3n) is 3.66. The van der Waals surface area contributed by atoms with Gasteiger partial charge in [0.05, 0.1) is 12.8 Å². The molecular weight excluding hydrogens is 306 g/mol. The lowest BCUT2D eigenvalue weighted by Gasteiger charge is -2.03. The van der Waals surface area contributed by atoms with Gasteiger partial charge in [-0.15, -0.1) is 0 Å². The molecule has 0 aliphatic carbocycles. The molecule has 4 heteroatoms. The number of ether oxygens (including phenoxy) is 1. The number of nitrogens with zero attached hydrogens (tertiary/aromatic N) is 1. The predicted octanol–water partition coefficient (Wildman–Crippen LogP) is 5.09. The number of oxazole rings is 1. The highest BCUT2D eigenvalue weighted by Gasteiger charge is 2.07. The van der Waals surface area contributed by atoms with E-state index in [2.05, 4.69) is 36.2 Å². The molecule has 0 amide bonds. The molecule has 118 valence electrons. The summed E-state index contributed by atoms with van der Waals surface area (Å²) in [6.07, 6.45) is 1.74. The summed E-state index contributed by atoms with van der Waals surface area (Å²) >= 11 is 1.85. The van der Waals surface area contributed by atoms with Crippen LogP contribution >= 0.6 is 11.8 Å². The Kier molecular flexibility index (Phi) is 5.03. The van der Waals surface area contributed by atoms with E-state index in [9.17, 15) is 0 Å². The zero-order chi connectivity index (χ0) is 16.1. The fourth-order valence-electron chi connectivity index (χ4n) is 2.28. The summed E-state index contributed by atoms with van der Waals surface area (Å²) in [5.41, 5.74) is 4.63. The van der Waals surface area contributed by atoms with E-state index in [0.29, 0.717) is 5.89 Å². The molecule has 0 unspecified atom stereocenters. The van der Waals surface area contributed by atoms with Gasteiger partial charge in [0.15, 0.2) is 0 Å². The maximum absolute atomic E-state index is 5.59. The van der Waals surface area contributed by atoms with Gasteiger partial charge in [0.25, 0.3) is 0 Å². The van der Waals surface area contributed by atoms with Gasteiger partial charge in [-0.25, -0.2) is 4.98 Å². The van der Waals surface area contributed by atoms with Crippen molar-refractivity contribution in [2.75, 3.05) is 7.11 Å². The quantitative estimate of drug-likeness (QED) is 0.632. The molecule has 0 N–H and O–H groups in total. The Labute approximate surface area is 140 Å². The van der Waals surface area contributed by atoms with Crippen LogP contribution in [0.1, 0.15) is 16.8 Å². The molecule has 3 aromatic rings. The number of aromatic nitrogens is 1. The molecular formula is C19H19NO2S. The van der Waals surface area contributed by atoms with Gasteiger partial charge in [0, 0.05) is 17.1 Å². The zero-order valence-electron chi connectivity index (χ0n) is 13.3. The van der Waals surface area contributed by atoms with Gasteiger partial charge >= 0.3 is 0 Å². The highest BCUT2D eigenvalue weighted by atomic mass is 32.2. The Morgan fingerprint density at radius 1 is 1.04 bits per heavy atom. The van der Waals surface area contributed by atoms with Crippen molar-refractivity contribution < 1.29 is 9.15 Å². The van der Waals surface area contributed by atoms with Crippen LogP contribution in [0.3, 0.4) is 0 Å². The monoisotopic (exact) mass is 325 g/mol. The Hall–Kier alpha value is -2.20. The summed E-state index contributed by atoms with van der Waals surface area (Å²) in [4.78, 5) is 4.56.